The number of rotatable bonds is 8. The van der Waals surface area contributed by atoms with Crippen molar-refractivity contribution in [1.29, 1.82) is 0 Å². The van der Waals surface area contributed by atoms with Gasteiger partial charge < -0.3 is 34.5 Å². The van der Waals surface area contributed by atoms with Crippen molar-refractivity contribution < 1.29 is 28.8 Å². The molecular formula is C24H35BrClNO6. The van der Waals surface area contributed by atoms with Gasteiger partial charge in [0.15, 0.2) is 0 Å². The van der Waals surface area contributed by atoms with Crippen molar-refractivity contribution in [1.82, 2.24) is 0 Å². The molecule has 1 unspecified atom stereocenters. The summed E-state index contributed by atoms with van der Waals surface area (Å²) in [4.78, 5) is 0. The molecule has 186 valence electrons. The minimum atomic E-state index is 0. The molecule has 0 amide bonds. The maximum absolute atomic E-state index is 8.86. The molecule has 1 atom stereocenters. The molecule has 1 heterocycles. The summed E-state index contributed by atoms with van der Waals surface area (Å²) in [6, 6.07) is 5.83. The maximum Gasteiger partial charge on any atom is 0.133 e. The summed E-state index contributed by atoms with van der Waals surface area (Å²) in [5, 5.41) is 8.86. The van der Waals surface area contributed by atoms with Crippen molar-refractivity contribution in [2.45, 2.75) is 38.8 Å². The third kappa shape index (κ3) is 7.65. The molecule has 0 radical (unpaired) electrons. The summed E-state index contributed by atoms with van der Waals surface area (Å²) >= 11 is 3.37. The molecule has 2 aromatic rings. The number of hydrogen-bond donors (Lipinski definition) is 2. The van der Waals surface area contributed by atoms with Crippen LogP contribution in [-0.4, -0.2) is 52.8 Å². The lowest BCUT2D eigenvalue weighted by atomic mass is 9.95. The molecular weight excluding hydrogens is 514 g/mol. The first kappa shape index (κ1) is 29.3. The van der Waals surface area contributed by atoms with Crippen molar-refractivity contribution in [3.8, 4) is 23.0 Å². The van der Waals surface area contributed by atoms with Gasteiger partial charge in [0.1, 0.15) is 23.0 Å². The van der Waals surface area contributed by atoms with Gasteiger partial charge in [0.25, 0.3) is 0 Å². The molecule has 0 bridgehead atoms. The molecule has 0 saturated heterocycles. The second kappa shape index (κ2) is 14.5. The Morgan fingerprint density at radius 1 is 0.970 bits per heavy atom. The van der Waals surface area contributed by atoms with Crippen LogP contribution in [0, 0.1) is 0 Å². The highest BCUT2D eigenvalue weighted by atomic mass is 79.9. The van der Waals surface area contributed by atoms with Crippen LogP contribution in [0.15, 0.2) is 22.7 Å². The van der Waals surface area contributed by atoms with Crippen molar-refractivity contribution in [3.63, 3.8) is 0 Å². The van der Waals surface area contributed by atoms with Gasteiger partial charge in [0.2, 0.25) is 0 Å². The van der Waals surface area contributed by atoms with Gasteiger partial charge in [-0.15, -0.1) is 12.4 Å². The Morgan fingerprint density at radius 3 is 2.15 bits per heavy atom. The Hall–Kier alpha value is -1.71. The number of hydrogen-bond acceptors (Lipinski definition) is 7. The molecule has 9 heteroatoms. The summed E-state index contributed by atoms with van der Waals surface area (Å²) in [6.45, 7) is 3.41. The van der Waals surface area contributed by atoms with Gasteiger partial charge in [-0.3, -0.25) is 0 Å². The standard InChI is InChI=1S/C14H21NO3.C10H13BrO3.ClH/c1-9(15)6-10-7-13(16-2)11-4-5-18-8-12(11)14(10)17-3;1-13-9-6-8(11)10(14-2)5-7(9)3-4-12;/h7,9H,4-6,8,15H2,1-3H3;5-6,12H,3-4H2,1-2H3;1H. The van der Waals surface area contributed by atoms with Crippen LogP contribution in [0.2, 0.25) is 0 Å². The number of ether oxygens (including phenoxy) is 5. The van der Waals surface area contributed by atoms with E-state index in [1.54, 1.807) is 28.4 Å². The lowest BCUT2D eigenvalue weighted by Crippen LogP contribution is -2.20. The van der Waals surface area contributed by atoms with Crippen LogP contribution in [0.3, 0.4) is 0 Å². The van der Waals surface area contributed by atoms with Crippen molar-refractivity contribution in [3.05, 3.63) is 44.9 Å². The van der Waals surface area contributed by atoms with E-state index in [0.717, 1.165) is 63.6 Å². The van der Waals surface area contributed by atoms with Gasteiger partial charge in [-0.05, 0) is 65.9 Å². The largest absolute Gasteiger partial charge is 0.496 e. The molecule has 7 nitrogen and oxygen atoms in total. The van der Waals surface area contributed by atoms with Crippen LogP contribution < -0.4 is 24.7 Å². The second-order valence-corrected chi connectivity index (χ2v) is 8.34. The van der Waals surface area contributed by atoms with Crippen molar-refractivity contribution >= 4 is 28.3 Å². The van der Waals surface area contributed by atoms with E-state index in [1.807, 2.05) is 25.1 Å². The first-order valence-electron chi connectivity index (χ1n) is 10.5. The topological polar surface area (TPSA) is 92.4 Å². The third-order valence-corrected chi connectivity index (χ3v) is 5.80. The molecule has 1 aliphatic heterocycles. The molecule has 0 fully saturated rings. The number of methoxy groups -OCH3 is 4. The Kier molecular flexibility index (Phi) is 12.9. The van der Waals surface area contributed by atoms with E-state index in [2.05, 4.69) is 15.9 Å². The van der Waals surface area contributed by atoms with Gasteiger partial charge in [-0.2, -0.15) is 0 Å². The van der Waals surface area contributed by atoms with Crippen molar-refractivity contribution in [2.24, 2.45) is 5.73 Å². The van der Waals surface area contributed by atoms with Crippen LogP contribution in [-0.2, 0) is 30.6 Å². The van der Waals surface area contributed by atoms with Crippen LogP contribution in [0.4, 0.5) is 0 Å². The predicted octanol–water partition coefficient (Wildman–Crippen LogP) is 4.09. The highest BCUT2D eigenvalue weighted by molar-refractivity contribution is 9.10. The fraction of sp³-hybridized carbons (Fsp3) is 0.500. The van der Waals surface area contributed by atoms with E-state index in [9.17, 15) is 0 Å². The van der Waals surface area contributed by atoms with Crippen LogP contribution in [0.25, 0.3) is 0 Å². The zero-order valence-electron chi connectivity index (χ0n) is 19.9. The Bertz CT molecular complexity index is 894. The van der Waals surface area contributed by atoms with Crippen LogP contribution in [0.1, 0.15) is 29.2 Å². The van der Waals surface area contributed by atoms with Gasteiger partial charge in [-0.1, -0.05) is 0 Å². The fourth-order valence-electron chi connectivity index (χ4n) is 3.74. The summed E-state index contributed by atoms with van der Waals surface area (Å²) in [6.07, 6.45) is 2.20. The number of aliphatic hydroxyl groups is 1. The van der Waals surface area contributed by atoms with E-state index >= 15 is 0 Å². The van der Waals surface area contributed by atoms with E-state index in [-0.39, 0.29) is 25.1 Å². The predicted molar refractivity (Wildman–Crippen MR) is 136 cm³/mol. The Labute approximate surface area is 211 Å². The zero-order chi connectivity index (χ0) is 23.7. The molecule has 2 aromatic carbocycles. The highest BCUT2D eigenvalue weighted by Gasteiger charge is 2.22. The first-order valence-corrected chi connectivity index (χ1v) is 11.3. The number of halogens is 2. The lowest BCUT2D eigenvalue weighted by molar-refractivity contribution is 0.107. The van der Waals surface area contributed by atoms with Crippen LogP contribution >= 0.6 is 28.3 Å². The van der Waals surface area contributed by atoms with E-state index in [0.29, 0.717) is 13.0 Å². The van der Waals surface area contributed by atoms with Crippen LogP contribution in [0.5, 0.6) is 23.0 Å². The highest BCUT2D eigenvalue weighted by Crippen LogP contribution is 2.38. The average molecular weight is 549 g/mol. The first-order chi connectivity index (χ1) is 15.4. The smallest absolute Gasteiger partial charge is 0.133 e. The van der Waals surface area contributed by atoms with E-state index in [1.165, 1.54) is 5.56 Å². The van der Waals surface area contributed by atoms with Gasteiger partial charge in [0.05, 0.1) is 46.1 Å². The number of fused-ring (bicyclic) bond motifs is 1. The second-order valence-electron chi connectivity index (χ2n) is 7.48. The normalized spacial score (nSPS) is 13.0. The SMILES string of the molecule is COc1cc(CC(C)N)c(OC)c2c1CCOC2.COc1cc(CCO)c(OC)cc1Br.Cl. The monoisotopic (exact) mass is 547 g/mol. The molecule has 1 aliphatic rings. The average Bonchev–Trinajstić information content (AvgIpc) is 2.79. The van der Waals surface area contributed by atoms with Gasteiger partial charge in [-0.25, -0.2) is 0 Å². The summed E-state index contributed by atoms with van der Waals surface area (Å²) in [7, 11) is 6.61. The summed E-state index contributed by atoms with van der Waals surface area (Å²) < 4.78 is 27.7. The quantitative estimate of drug-likeness (QED) is 0.513. The lowest BCUT2D eigenvalue weighted by Gasteiger charge is -2.24. The van der Waals surface area contributed by atoms with E-state index in [4.69, 9.17) is 34.5 Å². The number of nitrogens with two attached hydrogens (primary N) is 1. The van der Waals surface area contributed by atoms with E-state index < -0.39 is 0 Å². The zero-order valence-corrected chi connectivity index (χ0v) is 22.3. The van der Waals surface area contributed by atoms with Gasteiger partial charge >= 0.3 is 0 Å². The molecule has 3 rings (SSSR count). The van der Waals surface area contributed by atoms with Crippen molar-refractivity contribution in [2.75, 3.05) is 41.7 Å². The Morgan fingerprint density at radius 2 is 1.61 bits per heavy atom. The number of benzene rings is 2. The minimum Gasteiger partial charge on any atom is -0.496 e. The summed E-state index contributed by atoms with van der Waals surface area (Å²) in [5.41, 5.74) is 10.2. The Balaban J connectivity index is 0.000000331. The summed E-state index contributed by atoms with van der Waals surface area (Å²) in [5.74, 6) is 3.33. The molecule has 3 N–H and O–H groups in total. The molecule has 0 aliphatic carbocycles. The molecule has 33 heavy (non-hydrogen) atoms. The molecule has 0 spiro atoms. The molecule has 0 aromatic heterocycles. The maximum atomic E-state index is 8.86. The fourth-order valence-corrected chi connectivity index (χ4v) is 4.22. The third-order valence-electron chi connectivity index (χ3n) is 5.18. The number of aliphatic hydroxyl groups excluding tert-OH is 1. The minimum absolute atomic E-state index is 0. The molecule has 0 saturated carbocycles. The van der Waals surface area contributed by atoms with Gasteiger partial charge in [0, 0.05) is 29.3 Å².